The number of nitrogens with one attached hydrogen (secondary N) is 3. The fraction of sp³-hybridized carbons (Fsp3) is 0.452. The van der Waals surface area contributed by atoms with Gasteiger partial charge in [-0.1, -0.05) is 0 Å². The number of alkyl halides is 2. The van der Waals surface area contributed by atoms with Crippen LogP contribution in [0.25, 0.3) is 0 Å². The first-order valence-electron chi connectivity index (χ1n) is 15.2. The number of benzene rings is 1. The largest absolute Gasteiger partial charge is 0.586 e. The number of amides is 2. The van der Waals surface area contributed by atoms with Crippen molar-refractivity contribution in [1.82, 2.24) is 19.9 Å². The molecule has 47 heavy (non-hydrogen) atoms. The van der Waals surface area contributed by atoms with E-state index in [2.05, 4.69) is 45.3 Å². The van der Waals surface area contributed by atoms with Crippen molar-refractivity contribution in [2.45, 2.75) is 56.6 Å². The average molecular weight is 654 g/mol. The summed E-state index contributed by atoms with van der Waals surface area (Å²) < 4.78 is 52.6. The van der Waals surface area contributed by atoms with Crippen molar-refractivity contribution in [2.24, 2.45) is 0 Å². The average Bonchev–Trinajstić information content (AvgIpc) is 3.31. The van der Waals surface area contributed by atoms with E-state index < -0.39 is 18.1 Å². The Balaban J connectivity index is 1.13. The third-order valence-electron chi connectivity index (χ3n) is 8.69. The fourth-order valence-corrected chi connectivity index (χ4v) is 6.72. The second-order valence-corrected chi connectivity index (χ2v) is 12.3. The van der Waals surface area contributed by atoms with Crippen LogP contribution in [0.15, 0.2) is 36.8 Å². The molecule has 4 heterocycles. The van der Waals surface area contributed by atoms with E-state index >= 15 is 0 Å². The summed E-state index contributed by atoms with van der Waals surface area (Å²) in [4.78, 5) is 42.8. The molecule has 14 nitrogen and oxygen atoms in total. The minimum absolute atomic E-state index is 0.0160. The zero-order valence-corrected chi connectivity index (χ0v) is 25.9. The Morgan fingerprint density at radius 1 is 0.979 bits per heavy atom. The van der Waals surface area contributed by atoms with Crippen molar-refractivity contribution in [3.05, 3.63) is 47.9 Å². The topological polar surface area (TPSA) is 158 Å². The Bertz CT molecular complexity index is 1710. The minimum atomic E-state index is -3.81. The Morgan fingerprint density at radius 2 is 1.72 bits per heavy atom. The molecule has 8 rings (SSSR count). The summed E-state index contributed by atoms with van der Waals surface area (Å²) in [5.41, 5.74) is 0.176. The number of halogens is 2. The molecule has 5 aliphatic rings. The van der Waals surface area contributed by atoms with Crippen LogP contribution in [0.4, 0.5) is 26.0 Å². The number of anilines is 3. The second-order valence-electron chi connectivity index (χ2n) is 12.3. The highest BCUT2D eigenvalue weighted by Gasteiger charge is 2.70. The molecule has 0 radical (unpaired) electrons. The van der Waals surface area contributed by atoms with E-state index in [0.717, 1.165) is 45.6 Å². The maximum Gasteiger partial charge on any atom is 0.586 e. The van der Waals surface area contributed by atoms with Gasteiger partial charge in [0.1, 0.15) is 17.7 Å². The van der Waals surface area contributed by atoms with Gasteiger partial charge in [-0.05, 0) is 45.2 Å². The van der Waals surface area contributed by atoms with Gasteiger partial charge in [-0.2, -0.15) is 0 Å². The van der Waals surface area contributed by atoms with Crippen LogP contribution in [0.1, 0.15) is 53.8 Å². The molecule has 2 amide bonds. The highest BCUT2D eigenvalue weighted by molar-refractivity contribution is 6.14. The molecule has 4 fully saturated rings. The number of methoxy groups -OCH3 is 1. The molecular weight excluding hydrogens is 620 g/mol. The highest BCUT2D eigenvalue weighted by Crippen LogP contribution is 2.65. The molecule has 16 heteroatoms. The summed E-state index contributed by atoms with van der Waals surface area (Å²) in [6.45, 7) is 6.89. The number of rotatable bonds is 10. The molecular formula is C31H33F2N7O7. The molecule has 3 aromatic rings. The number of pyridine rings is 1. The monoisotopic (exact) mass is 653 g/mol. The normalized spacial score (nSPS) is 23.7. The van der Waals surface area contributed by atoms with Crippen molar-refractivity contribution in [3.63, 3.8) is 0 Å². The fourth-order valence-electron chi connectivity index (χ4n) is 6.72. The molecule has 0 unspecified atom stereocenters. The number of hydrogen-bond donors (Lipinski definition) is 3. The standard InChI is InChI=1S/C31H33F2N7O7/c1-17(2)45-28-24(25(35-16-36-28)39-29-13-30(14-29,15-29)40-6-8-44-9-7-40)27(42)38-20-12-34-23(43-3)11-19(20)26(41)37-18-4-5-21-22(10-18)47-31(32,33)46-21/h4-5,10-12,16-17H,6-9,13-15H2,1-3H3,(H,37,41)(H,38,42)(H,35,36,39). The van der Waals surface area contributed by atoms with Crippen LogP contribution in [-0.2, 0) is 4.74 Å². The van der Waals surface area contributed by atoms with Crippen LogP contribution in [0.2, 0.25) is 0 Å². The van der Waals surface area contributed by atoms with Crippen molar-refractivity contribution < 1.29 is 42.1 Å². The SMILES string of the molecule is COc1cc(C(=O)Nc2ccc3c(c2)OC(F)(F)O3)c(NC(=O)c2c(NC34CC(N5CCOCC5)(C3)C4)ncnc2OC(C)C)cn1. The molecule has 0 atom stereocenters. The number of hydrogen-bond acceptors (Lipinski definition) is 12. The molecule has 3 N–H and O–H groups in total. The van der Waals surface area contributed by atoms with Gasteiger partial charge in [0.05, 0.1) is 43.9 Å². The van der Waals surface area contributed by atoms with Gasteiger partial charge in [0.2, 0.25) is 11.8 Å². The minimum Gasteiger partial charge on any atom is -0.481 e. The van der Waals surface area contributed by atoms with E-state index in [9.17, 15) is 18.4 Å². The lowest BCUT2D eigenvalue weighted by atomic mass is 9.43. The van der Waals surface area contributed by atoms with Gasteiger partial charge in [-0.25, -0.2) is 15.0 Å². The summed E-state index contributed by atoms with van der Waals surface area (Å²) in [7, 11) is 1.38. The lowest BCUT2D eigenvalue weighted by molar-refractivity contribution is -0.286. The third kappa shape index (κ3) is 5.82. The molecule has 1 aromatic carbocycles. The lowest BCUT2D eigenvalue weighted by Crippen LogP contribution is -2.82. The Labute approximate surface area is 268 Å². The second kappa shape index (κ2) is 11.5. The number of carbonyl (C=O) groups excluding carboxylic acids is 2. The van der Waals surface area contributed by atoms with Crippen LogP contribution in [0.3, 0.4) is 0 Å². The quantitative estimate of drug-likeness (QED) is 0.290. The van der Waals surface area contributed by atoms with Crippen molar-refractivity contribution in [3.8, 4) is 23.3 Å². The Kier molecular flexibility index (Phi) is 7.50. The zero-order valence-electron chi connectivity index (χ0n) is 25.9. The van der Waals surface area contributed by atoms with Gasteiger partial charge in [0.15, 0.2) is 11.5 Å². The van der Waals surface area contributed by atoms with E-state index in [-0.39, 0.29) is 62.9 Å². The van der Waals surface area contributed by atoms with Gasteiger partial charge in [-0.3, -0.25) is 14.5 Å². The summed E-state index contributed by atoms with van der Waals surface area (Å²) in [6.07, 6.45) is 1.25. The van der Waals surface area contributed by atoms with Gasteiger partial charge < -0.3 is 39.6 Å². The number of ether oxygens (including phenoxy) is 5. The molecule has 3 aliphatic carbocycles. The third-order valence-corrected chi connectivity index (χ3v) is 8.69. The van der Waals surface area contributed by atoms with Crippen molar-refractivity contribution >= 4 is 29.0 Å². The van der Waals surface area contributed by atoms with Gasteiger partial charge in [0, 0.05) is 42.0 Å². The summed E-state index contributed by atoms with van der Waals surface area (Å²) in [5, 5.41) is 8.89. The molecule has 2 aromatic heterocycles. The highest BCUT2D eigenvalue weighted by atomic mass is 19.3. The zero-order chi connectivity index (χ0) is 33.0. The predicted molar refractivity (Wildman–Crippen MR) is 162 cm³/mol. The first kappa shape index (κ1) is 30.8. The van der Waals surface area contributed by atoms with Crippen LogP contribution in [0.5, 0.6) is 23.3 Å². The first-order chi connectivity index (χ1) is 22.5. The number of carbonyl (C=O) groups is 2. The predicted octanol–water partition coefficient (Wildman–Crippen LogP) is 3.91. The van der Waals surface area contributed by atoms with Crippen LogP contribution in [-0.4, -0.2) is 88.6 Å². The van der Waals surface area contributed by atoms with Gasteiger partial charge in [-0.15, -0.1) is 8.78 Å². The van der Waals surface area contributed by atoms with Crippen molar-refractivity contribution in [1.29, 1.82) is 0 Å². The smallest absolute Gasteiger partial charge is 0.481 e. The molecule has 2 bridgehead atoms. The Hall–Kier alpha value is -4.83. The summed E-state index contributed by atoms with van der Waals surface area (Å²) in [5.74, 6) is -1.24. The Morgan fingerprint density at radius 3 is 2.45 bits per heavy atom. The van der Waals surface area contributed by atoms with Crippen molar-refractivity contribution in [2.75, 3.05) is 49.4 Å². The lowest BCUT2D eigenvalue weighted by Gasteiger charge is -2.74. The number of aromatic nitrogens is 3. The molecule has 1 saturated heterocycles. The van der Waals surface area contributed by atoms with E-state index in [1.54, 1.807) is 0 Å². The van der Waals surface area contributed by atoms with E-state index in [1.807, 2.05) is 13.8 Å². The molecule has 248 valence electrons. The van der Waals surface area contributed by atoms with Crippen LogP contribution in [0, 0.1) is 0 Å². The van der Waals surface area contributed by atoms with E-state index in [0.29, 0.717) is 5.82 Å². The molecule has 2 aliphatic heterocycles. The maximum atomic E-state index is 14.0. The maximum absolute atomic E-state index is 14.0. The molecule has 3 saturated carbocycles. The summed E-state index contributed by atoms with van der Waals surface area (Å²) >= 11 is 0. The van der Waals surface area contributed by atoms with Crippen LogP contribution < -0.4 is 34.9 Å². The first-order valence-corrected chi connectivity index (χ1v) is 15.2. The van der Waals surface area contributed by atoms with E-state index in [4.69, 9.17) is 14.2 Å². The summed E-state index contributed by atoms with van der Waals surface area (Å²) in [6, 6.07) is 5.16. The van der Waals surface area contributed by atoms with Crippen LogP contribution >= 0.6 is 0 Å². The molecule has 0 spiro atoms. The van der Waals surface area contributed by atoms with E-state index in [1.165, 1.54) is 43.9 Å². The number of nitrogens with zero attached hydrogens (tertiary/aromatic N) is 4. The van der Waals surface area contributed by atoms with Gasteiger partial charge in [0.25, 0.3) is 11.8 Å². The number of morpholine rings is 1. The number of fused-ring (bicyclic) bond motifs is 1. The van der Waals surface area contributed by atoms with Gasteiger partial charge >= 0.3 is 6.29 Å².